The van der Waals surface area contributed by atoms with Gasteiger partial charge in [0.1, 0.15) is 5.65 Å². The van der Waals surface area contributed by atoms with Crippen LogP contribution in [0.15, 0.2) is 36.8 Å². The van der Waals surface area contributed by atoms with Crippen molar-refractivity contribution < 1.29 is 0 Å². The number of fused-ring (bicyclic) bond motifs is 1. The molecule has 1 N–H and O–H groups in total. The molecule has 98 valence electrons. The summed E-state index contributed by atoms with van der Waals surface area (Å²) in [7, 11) is 1.93. The van der Waals surface area contributed by atoms with Crippen LogP contribution < -0.4 is 5.32 Å². The van der Waals surface area contributed by atoms with Crippen molar-refractivity contribution in [3.8, 4) is 0 Å². The van der Waals surface area contributed by atoms with Gasteiger partial charge >= 0.3 is 0 Å². The van der Waals surface area contributed by atoms with Gasteiger partial charge in [-0.05, 0) is 19.1 Å². The maximum absolute atomic E-state index is 4.55. The van der Waals surface area contributed by atoms with Crippen LogP contribution in [-0.4, -0.2) is 19.2 Å². The molecule has 0 aliphatic heterocycles. The third-order valence-electron chi connectivity index (χ3n) is 3.21. The highest BCUT2D eigenvalue weighted by Gasteiger charge is 2.07. The largest absolute Gasteiger partial charge is 0.307 e. The lowest BCUT2D eigenvalue weighted by Crippen LogP contribution is -2.14. The highest BCUT2D eigenvalue weighted by Crippen LogP contribution is 2.11. The van der Waals surface area contributed by atoms with Gasteiger partial charge in [0.15, 0.2) is 0 Å². The highest BCUT2D eigenvalue weighted by atomic mass is 15.2. The fraction of sp³-hybridized carbons (Fsp3) is 0.286. The van der Waals surface area contributed by atoms with Gasteiger partial charge in [-0.1, -0.05) is 6.07 Å². The molecule has 0 fully saturated rings. The lowest BCUT2D eigenvalue weighted by Gasteiger charge is -2.04. The van der Waals surface area contributed by atoms with Crippen molar-refractivity contribution in [2.45, 2.75) is 20.0 Å². The van der Waals surface area contributed by atoms with E-state index < -0.39 is 0 Å². The molecule has 0 aliphatic rings. The summed E-state index contributed by atoms with van der Waals surface area (Å²) >= 11 is 0. The average Bonchev–Trinajstić information content (AvgIpc) is 2.94. The van der Waals surface area contributed by atoms with Crippen LogP contribution in [0.5, 0.6) is 0 Å². The molecule has 0 saturated heterocycles. The molecule has 0 radical (unpaired) electrons. The third-order valence-corrected chi connectivity index (χ3v) is 3.21. The molecule has 0 amide bonds. The maximum atomic E-state index is 4.55. The smallest absolute Gasteiger partial charge is 0.137 e. The minimum absolute atomic E-state index is 0.798. The van der Waals surface area contributed by atoms with Crippen LogP contribution in [-0.2, 0) is 20.1 Å². The van der Waals surface area contributed by atoms with Crippen LogP contribution in [0.3, 0.4) is 0 Å². The molecule has 0 saturated carbocycles. The fourth-order valence-corrected chi connectivity index (χ4v) is 2.27. The summed E-state index contributed by atoms with van der Waals surface area (Å²) in [5.41, 5.74) is 4.47. The Labute approximate surface area is 111 Å². The van der Waals surface area contributed by atoms with E-state index in [1.54, 1.807) is 0 Å². The van der Waals surface area contributed by atoms with Gasteiger partial charge in [0.2, 0.25) is 0 Å². The number of pyridine rings is 1. The first-order valence-corrected chi connectivity index (χ1v) is 6.35. The third kappa shape index (κ3) is 2.37. The molecule has 0 atom stereocenters. The lowest BCUT2D eigenvalue weighted by molar-refractivity contribution is 0.671. The summed E-state index contributed by atoms with van der Waals surface area (Å²) in [6, 6.07) is 6.06. The normalized spacial score (nSPS) is 11.3. The van der Waals surface area contributed by atoms with E-state index in [2.05, 4.69) is 26.0 Å². The molecular weight excluding hydrogens is 238 g/mol. The van der Waals surface area contributed by atoms with Crippen molar-refractivity contribution >= 4 is 5.65 Å². The monoisotopic (exact) mass is 255 g/mol. The van der Waals surface area contributed by atoms with E-state index in [0.717, 1.165) is 24.4 Å². The molecule has 19 heavy (non-hydrogen) atoms. The first-order chi connectivity index (χ1) is 9.24. The van der Waals surface area contributed by atoms with Crippen LogP contribution in [0.1, 0.15) is 17.0 Å². The lowest BCUT2D eigenvalue weighted by atomic mass is 10.3. The van der Waals surface area contributed by atoms with Crippen molar-refractivity contribution in [1.82, 2.24) is 24.5 Å². The van der Waals surface area contributed by atoms with E-state index in [9.17, 15) is 0 Å². The standard InChI is InChI=1S/C14H17N5/c1-11-13(19-6-4-3-5-14(19)17-11)9-15-7-12-8-16-18(2)10-12/h3-6,8,10,15H,7,9H2,1-2H3. The Morgan fingerprint density at radius 1 is 1.26 bits per heavy atom. The summed E-state index contributed by atoms with van der Waals surface area (Å²) < 4.78 is 3.95. The van der Waals surface area contributed by atoms with Gasteiger partial charge in [0, 0.05) is 38.1 Å². The number of hydrogen-bond acceptors (Lipinski definition) is 3. The van der Waals surface area contributed by atoms with Crippen LogP contribution in [0.2, 0.25) is 0 Å². The van der Waals surface area contributed by atoms with Crippen LogP contribution in [0.25, 0.3) is 5.65 Å². The molecule has 5 heteroatoms. The van der Waals surface area contributed by atoms with Gasteiger partial charge < -0.3 is 9.72 Å². The molecule has 3 rings (SSSR count). The van der Waals surface area contributed by atoms with Gasteiger partial charge in [0.25, 0.3) is 0 Å². The number of rotatable bonds is 4. The molecule has 3 aromatic rings. The Hall–Kier alpha value is -2.14. The fourth-order valence-electron chi connectivity index (χ4n) is 2.27. The Morgan fingerprint density at radius 2 is 2.16 bits per heavy atom. The average molecular weight is 255 g/mol. The van der Waals surface area contributed by atoms with Gasteiger partial charge in [-0.3, -0.25) is 4.68 Å². The molecule has 3 heterocycles. The molecule has 5 nitrogen and oxygen atoms in total. The Bertz CT molecular complexity index is 695. The molecule has 3 aromatic heterocycles. The second-order valence-corrected chi connectivity index (χ2v) is 4.70. The van der Waals surface area contributed by atoms with Crippen LogP contribution in [0.4, 0.5) is 0 Å². The Kier molecular flexibility index (Phi) is 3.05. The predicted molar refractivity (Wildman–Crippen MR) is 73.7 cm³/mol. The predicted octanol–water partition coefficient (Wildman–Crippen LogP) is 1.67. The zero-order valence-electron chi connectivity index (χ0n) is 11.2. The molecule has 0 aliphatic carbocycles. The SMILES string of the molecule is Cc1nc2ccccn2c1CNCc1cnn(C)c1. The quantitative estimate of drug-likeness (QED) is 0.771. The van der Waals surface area contributed by atoms with E-state index in [1.807, 2.05) is 49.2 Å². The van der Waals surface area contributed by atoms with Crippen molar-refractivity contribution in [2.24, 2.45) is 7.05 Å². The summed E-state index contributed by atoms with van der Waals surface area (Å²) in [6.07, 6.45) is 5.96. The summed E-state index contributed by atoms with van der Waals surface area (Å²) in [4.78, 5) is 4.55. The minimum atomic E-state index is 0.798. The topological polar surface area (TPSA) is 47.1 Å². The number of hydrogen-bond donors (Lipinski definition) is 1. The maximum Gasteiger partial charge on any atom is 0.137 e. The van der Waals surface area contributed by atoms with Gasteiger partial charge in [-0.2, -0.15) is 5.10 Å². The van der Waals surface area contributed by atoms with E-state index in [0.29, 0.717) is 0 Å². The number of imidazole rings is 1. The Morgan fingerprint density at radius 3 is 2.95 bits per heavy atom. The number of nitrogens with zero attached hydrogens (tertiary/aromatic N) is 4. The molecule has 0 unspecified atom stereocenters. The number of aryl methyl sites for hydroxylation is 2. The molecule has 0 aromatic carbocycles. The van der Waals surface area contributed by atoms with Crippen molar-refractivity contribution in [1.29, 1.82) is 0 Å². The van der Waals surface area contributed by atoms with Gasteiger partial charge in [-0.15, -0.1) is 0 Å². The van der Waals surface area contributed by atoms with Crippen LogP contribution >= 0.6 is 0 Å². The van der Waals surface area contributed by atoms with E-state index in [-0.39, 0.29) is 0 Å². The summed E-state index contributed by atoms with van der Waals surface area (Å²) in [5, 5.41) is 7.60. The first kappa shape index (κ1) is 11.9. The van der Waals surface area contributed by atoms with E-state index >= 15 is 0 Å². The van der Waals surface area contributed by atoms with Crippen molar-refractivity contribution in [3.63, 3.8) is 0 Å². The van der Waals surface area contributed by atoms with E-state index in [1.165, 1.54) is 11.3 Å². The highest BCUT2D eigenvalue weighted by molar-refractivity contribution is 5.42. The summed E-state index contributed by atoms with van der Waals surface area (Å²) in [6.45, 7) is 3.66. The van der Waals surface area contributed by atoms with Crippen LogP contribution in [0, 0.1) is 6.92 Å². The first-order valence-electron chi connectivity index (χ1n) is 6.35. The van der Waals surface area contributed by atoms with Crippen molar-refractivity contribution in [3.05, 3.63) is 53.7 Å². The Balaban J connectivity index is 1.73. The van der Waals surface area contributed by atoms with Crippen molar-refractivity contribution in [2.75, 3.05) is 0 Å². The zero-order valence-corrected chi connectivity index (χ0v) is 11.2. The number of aromatic nitrogens is 4. The summed E-state index contributed by atoms with van der Waals surface area (Å²) in [5.74, 6) is 0. The van der Waals surface area contributed by atoms with Gasteiger partial charge in [0.05, 0.1) is 17.6 Å². The molecule has 0 bridgehead atoms. The second kappa shape index (κ2) is 4.85. The number of nitrogens with one attached hydrogen (secondary N) is 1. The molecule has 0 spiro atoms. The zero-order chi connectivity index (χ0) is 13.2. The second-order valence-electron chi connectivity index (χ2n) is 4.70. The van der Waals surface area contributed by atoms with Gasteiger partial charge in [-0.25, -0.2) is 4.98 Å². The minimum Gasteiger partial charge on any atom is -0.307 e. The molecular formula is C14H17N5. The van der Waals surface area contributed by atoms with E-state index in [4.69, 9.17) is 0 Å².